The quantitative estimate of drug-likeness (QED) is 0.660. The Balaban J connectivity index is 1.94. The number of hydrogen-bond donors (Lipinski definition) is 1. The molecule has 0 radical (unpaired) electrons. The fraction of sp³-hybridized carbons (Fsp3) is 1.00. The molecule has 0 aliphatic carbocycles. The lowest BCUT2D eigenvalue weighted by molar-refractivity contribution is 0.178. The minimum Gasteiger partial charge on any atom is -0.381 e. The van der Waals surface area contributed by atoms with Crippen molar-refractivity contribution in [1.82, 2.24) is 5.32 Å². The molecule has 0 aromatic carbocycles. The van der Waals surface area contributed by atoms with Gasteiger partial charge in [-0.1, -0.05) is 6.92 Å². The van der Waals surface area contributed by atoms with Gasteiger partial charge in [-0.15, -0.1) is 0 Å². The van der Waals surface area contributed by atoms with E-state index in [4.69, 9.17) is 4.74 Å². The molecule has 2 atom stereocenters. The highest BCUT2D eigenvalue weighted by Gasteiger charge is 2.21. The first-order valence-electron chi connectivity index (χ1n) is 5.73. The number of ether oxygens (including phenoxy) is 1. The van der Waals surface area contributed by atoms with Crippen LogP contribution in [0.25, 0.3) is 0 Å². The smallest absolute Gasteiger partial charge is 0.0509 e. The molecule has 1 saturated heterocycles. The zero-order valence-electron chi connectivity index (χ0n) is 9.42. The second-order valence-corrected chi connectivity index (χ2v) is 5.31. The summed E-state index contributed by atoms with van der Waals surface area (Å²) in [4.78, 5) is 0. The molecular weight excluding hydrogens is 194 g/mol. The van der Waals surface area contributed by atoms with E-state index in [2.05, 4.69) is 19.2 Å². The fourth-order valence-electron chi connectivity index (χ4n) is 1.76. The number of hydrogen-bond acceptors (Lipinski definition) is 3. The van der Waals surface area contributed by atoms with E-state index in [-0.39, 0.29) is 0 Å². The van der Waals surface area contributed by atoms with Gasteiger partial charge in [0.2, 0.25) is 0 Å². The summed E-state index contributed by atoms with van der Waals surface area (Å²) in [6, 6.07) is 0.629. The van der Waals surface area contributed by atoms with E-state index in [1.54, 1.807) is 0 Å². The van der Waals surface area contributed by atoms with Crippen LogP contribution in [-0.2, 0) is 4.74 Å². The van der Waals surface area contributed by atoms with Crippen LogP contribution < -0.4 is 5.32 Å². The van der Waals surface area contributed by atoms with Gasteiger partial charge < -0.3 is 10.1 Å². The summed E-state index contributed by atoms with van der Waals surface area (Å²) in [5, 5.41) is 3.59. The highest BCUT2D eigenvalue weighted by molar-refractivity contribution is 7.99. The van der Waals surface area contributed by atoms with E-state index >= 15 is 0 Å². The summed E-state index contributed by atoms with van der Waals surface area (Å²) in [6.07, 6.45) is 2.52. The second-order valence-electron chi connectivity index (χ2n) is 3.92. The molecule has 0 aromatic rings. The topological polar surface area (TPSA) is 21.3 Å². The summed E-state index contributed by atoms with van der Waals surface area (Å²) in [5.74, 6) is 3.28. The van der Waals surface area contributed by atoms with Crippen molar-refractivity contribution in [2.45, 2.75) is 32.7 Å². The molecule has 1 heterocycles. The van der Waals surface area contributed by atoms with Crippen LogP contribution in [0.5, 0.6) is 0 Å². The largest absolute Gasteiger partial charge is 0.381 e. The molecule has 1 aliphatic heterocycles. The second kappa shape index (κ2) is 7.55. The van der Waals surface area contributed by atoms with Crippen LogP contribution >= 0.6 is 11.8 Å². The molecule has 14 heavy (non-hydrogen) atoms. The average molecular weight is 217 g/mol. The van der Waals surface area contributed by atoms with Crippen molar-refractivity contribution in [2.24, 2.45) is 5.92 Å². The molecule has 0 aromatic heterocycles. The van der Waals surface area contributed by atoms with Crippen molar-refractivity contribution >= 4 is 11.8 Å². The summed E-state index contributed by atoms with van der Waals surface area (Å²) < 4.78 is 5.38. The molecule has 84 valence electrons. The van der Waals surface area contributed by atoms with Crippen LogP contribution in [0.15, 0.2) is 0 Å². The molecule has 3 heteroatoms. The first-order valence-corrected chi connectivity index (χ1v) is 6.89. The summed E-state index contributed by atoms with van der Waals surface area (Å²) in [5.41, 5.74) is 0. The Morgan fingerprint density at radius 3 is 3.07 bits per heavy atom. The van der Waals surface area contributed by atoms with E-state index in [1.807, 2.05) is 11.8 Å². The van der Waals surface area contributed by atoms with E-state index in [9.17, 15) is 0 Å². The van der Waals surface area contributed by atoms with E-state index < -0.39 is 0 Å². The van der Waals surface area contributed by atoms with Crippen LogP contribution in [-0.4, -0.2) is 37.3 Å². The molecule has 0 spiro atoms. The molecular formula is C11H23NOS. The lowest BCUT2D eigenvalue weighted by atomic mass is 10.0. The number of thioether (sulfide) groups is 1. The Morgan fingerprint density at radius 2 is 2.43 bits per heavy atom. The lowest BCUT2D eigenvalue weighted by Gasteiger charge is -2.18. The zero-order chi connectivity index (χ0) is 10.2. The molecule has 1 rings (SSSR count). The Labute approximate surface area is 92.2 Å². The first-order chi connectivity index (χ1) is 6.84. The summed E-state index contributed by atoms with van der Waals surface area (Å²) >= 11 is 2.03. The minimum atomic E-state index is 0.629. The predicted molar refractivity (Wildman–Crippen MR) is 64.0 cm³/mol. The highest BCUT2D eigenvalue weighted by atomic mass is 32.2. The van der Waals surface area contributed by atoms with Crippen molar-refractivity contribution in [2.75, 3.05) is 31.3 Å². The van der Waals surface area contributed by atoms with Crippen LogP contribution in [0.3, 0.4) is 0 Å². The Bertz CT molecular complexity index is 137. The van der Waals surface area contributed by atoms with Gasteiger partial charge >= 0.3 is 0 Å². The average Bonchev–Trinajstić information content (AvgIpc) is 2.70. The molecule has 1 N–H and O–H groups in total. The molecule has 2 unspecified atom stereocenters. The van der Waals surface area contributed by atoms with E-state index in [0.717, 1.165) is 25.7 Å². The molecule has 2 nitrogen and oxygen atoms in total. The van der Waals surface area contributed by atoms with Crippen LogP contribution in [0.1, 0.15) is 26.7 Å². The SMILES string of the molecule is CCSCCCNC(C)C1CCOC1. The summed E-state index contributed by atoms with van der Waals surface area (Å²) in [6.45, 7) is 7.58. The van der Waals surface area contributed by atoms with Crippen molar-refractivity contribution in [3.8, 4) is 0 Å². The molecule has 0 amide bonds. The van der Waals surface area contributed by atoms with Gasteiger partial charge in [-0.05, 0) is 43.7 Å². The van der Waals surface area contributed by atoms with Crippen molar-refractivity contribution in [3.63, 3.8) is 0 Å². The van der Waals surface area contributed by atoms with Crippen molar-refractivity contribution in [1.29, 1.82) is 0 Å². The van der Waals surface area contributed by atoms with Crippen LogP contribution in [0, 0.1) is 5.92 Å². The van der Waals surface area contributed by atoms with Crippen LogP contribution in [0.2, 0.25) is 0 Å². The number of rotatable bonds is 7. The van der Waals surface area contributed by atoms with Crippen LogP contribution in [0.4, 0.5) is 0 Å². The molecule has 1 aliphatic rings. The Kier molecular flexibility index (Phi) is 6.65. The van der Waals surface area contributed by atoms with Crippen molar-refractivity contribution < 1.29 is 4.74 Å². The molecule has 1 fully saturated rings. The van der Waals surface area contributed by atoms with Gasteiger partial charge in [0.25, 0.3) is 0 Å². The van der Waals surface area contributed by atoms with E-state index in [0.29, 0.717) is 6.04 Å². The zero-order valence-corrected chi connectivity index (χ0v) is 10.2. The highest BCUT2D eigenvalue weighted by Crippen LogP contribution is 2.16. The maximum absolute atomic E-state index is 5.38. The van der Waals surface area contributed by atoms with Crippen molar-refractivity contribution in [3.05, 3.63) is 0 Å². The van der Waals surface area contributed by atoms with Gasteiger partial charge in [0.1, 0.15) is 0 Å². The monoisotopic (exact) mass is 217 g/mol. The third-order valence-electron chi connectivity index (χ3n) is 2.81. The number of nitrogens with one attached hydrogen (secondary N) is 1. The standard InChI is InChI=1S/C11H23NOS/c1-3-14-8-4-6-12-10(2)11-5-7-13-9-11/h10-12H,3-9H2,1-2H3. The maximum atomic E-state index is 5.38. The Hall–Kier alpha value is 0.270. The lowest BCUT2D eigenvalue weighted by Crippen LogP contribution is -2.34. The predicted octanol–water partition coefficient (Wildman–Crippen LogP) is 2.14. The van der Waals surface area contributed by atoms with Gasteiger partial charge in [0.15, 0.2) is 0 Å². The van der Waals surface area contributed by atoms with Gasteiger partial charge in [-0.3, -0.25) is 0 Å². The third kappa shape index (κ3) is 4.67. The van der Waals surface area contributed by atoms with E-state index in [1.165, 1.54) is 24.3 Å². The van der Waals surface area contributed by atoms with Gasteiger partial charge in [-0.2, -0.15) is 11.8 Å². The summed E-state index contributed by atoms with van der Waals surface area (Å²) in [7, 11) is 0. The maximum Gasteiger partial charge on any atom is 0.0509 e. The third-order valence-corrected chi connectivity index (χ3v) is 3.79. The van der Waals surface area contributed by atoms with Gasteiger partial charge in [-0.25, -0.2) is 0 Å². The molecule has 0 bridgehead atoms. The minimum absolute atomic E-state index is 0.629. The first kappa shape index (κ1) is 12.3. The Morgan fingerprint density at radius 1 is 1.57 bits per heavy atom. The fourth-order valence-corrected chi connectivity index (χ4v) is 2.40. The molecule has 0 saturated carbocycles. The van der Waals surface area contributed by atoms with Gasteiger partial charge in [0, 0.05) is 12.6 Å². The van der Waals surface area contributed by atoms with Gasteiger partial charge in [0.05, 0.1) is 6.61 Å². The normalized spacial score (nSPS) is 24.0.